The Bertz CT molecular complexity index is 374. The van der Waals surface area contributed by atoms with Gasteiger partial charge in [0.05, 0.1) is 12.7 Å². The lowest BCUT2D eigenvalue weighted by Crippen LogP contribution is -2.25. The lowest BCUT2D eigenvalue weighted by molar-refractivity contribution is 0.0727. The van der Waals surface area contributed by atoms with Gasteiger partial charge >= 0.3 is 0 Å². The van der Waals surface area contributed by atoms with E-state index in [0.717, 1.165) is 12.0 Å². The molecule has 1 rings (SSSR count). The molecule has 96 valence electrons. The van der Waals surface area contributed by atoms with Crippen molar-refractivity contribution < 1.29 is 9.84 Å². The van der Waals surface area contributed by atoms with Crippen LogP contribution in [0.5, 0.6) is 0 Å². The van der Waals surface area contributed by atoms with Gasteiger partial charge in [0, 0.05) is 25.6 Å². The van der Waals surface area contributed by atoms with Gasteiger partial charge in [0.15, 0.2) is 0 Å². The second-order valence-corrected chi connectivity index (χ2v) is 4.11. The van der Waals surface area contributed by atoms with E-state index in [9.17, 15) is 5.11 Å². The van der Waals surface area contributed by atoms with Crippen LogP contribution in [0.15, 0.2) is 0 Å². The minimum Gasteiger partial charge on any atom is -0.389 e. The number of rotatable bonds is 6. The number of aryl methyl sites for hydroxylation is 1. The molecule has 0 radical (unpaired) electrons. The van der Waals surface area contributed by atoms with Crippen molar-refractivity contribution in [2.45, 2.75) is 26.4 Å². The van der Waals surface area contributed by atoms with Crippen LogP contribution in [0.2, 0.25) is 5.15 Å². The summed E-state index contributed by atoms with van der Waals surface area (Å²) >= 11 is 6.00. The van der Waals surface area contributed by atoms with E-state index in [1.165, 1.54) is 0 Å². The summed E-state index contributed by atoms with van der Waals surface area (Å²) in [7, 11) is 1.55. The zero-order valence-electron chi connectivity index (χ0n) is 10.3. The van der Waals surface area contributed by atoms with E-state index in [2.05, 4.69) is 15.3 Å². The molecule has 0 unspecified atom stereocenters. The first kappa shape index (κ1) is 14.2. The van der Waals surface area contributed by atoms with Gasteiger partial charge in [-0.15, -0.1) is 0 Å². The number of ether oxygens (including phenoxy) is 1. The second kappa shape index (κ2) is 6.74. The molecule has 0 amide bonds. The van der Waals surface area contributed by atoms with Crippen LogP contribution in [0, 0.1) is 6.92 Å². The summed E-state index contributed by atoms with van der Waals surface area (Å²) in [5.74, 6) is 1.35. The monoisotopic (exact) mass is 259 g/mol. The normalized spacial score (nSPS) is 12.5. The van der Waals surface area contributed by atoms with Gasteiger partial charge in [-0.05, 0) is 6.92 Å². The molecule has 17 heavy (non-hydrogen) atoms. The summed E-state index contributed by atoms with van der Waals surface area (Å²) in [6.07, 6.45) is 0.146. The Hall–Kier alpha value is -0.910. The van der Waals surface area contributed by atoms with Crippen LogP contribution in [0.1, 0.15) is 18.3 Å². The quantitative estimate of drug-likeness (QED) is 0.757. The van der Waals surface area contributed by atoms with E-state index in [1.807, 2.05) is 13.8 Å². The number of aromatic nitrogens is 2. The summed E-state index contributed by atoms with van der Waals surface area (Å²) < 4.78 is 4.84. The molecule has 6 heteroatoms. The molecule has 0 spiro atoms. The Morgan fingerprint density at radius 1 is 1.47 bits per heavy atom. The Morgan fingerprint density at radius 3 is 2.76 bits per heavy atom. The van der Waals surface area contributed by atoms with Gasteiger partial charge in [-0.3, -0.25) is 0 Å². The van der Waals surface area contributed by atoms with Gasteiger partial charge in [-0.25, -0.2) is 9.97 Å². The van der Waals surface area contributed by atoms with Crippen molar-refractivity contribution in [1.82, 2.24) is 9.97 Å². The first-order valence-corrected chi connectivity index (χ1v) is 5.90. The zero-order chi connectivity index (χ0) is 12.8. The van der Waals surface area contributed by atoms with Crippen LogP contribution in [0.3, 0.4) is 0 Å². The predicted molar refractivity (Wildman–Crippen MR) is 67.5 cm³/mol. The number of halogens is 1. The first-order valence-electron chi connectivity index (χ1n) is 5.52. The van der Waals surface area contributed by atoms with Crippen LogP contribution in [0.4, 0.5) is 5.82 Å². The molecule has 0 saturated carbocycles. The fourth-order valence-electron chi connectivity index (χ4n) is 1.33. The van der Waals surface area contributed by atoms with E-state index in [0.29, 0.717) is 23.3 Å². The zero-order valence-corrected chi connectivity index (χ0v) is 11.1. The Labute approximate surface area is 106 Å². The summed E-state index contributed by atoms with van der Waals surface area (Å²) in [6, 6.07) is 0. The first-order chi connectivity index (χ1) is 8.08. The molecule has 2 N–H and O–H groups in total. The number of methoxy groups -OCH3 is 1. The highest BCUT2D eigenvalue weighted by atomic mass is 35.5. The SMILES string of the molecule is CCc1nc(Cl)c(C)c(NC[C@H](O)COC)n1. The van der Waals surface area contributed by atoms with Gasteiger partial charge in [0.25, 0.3) is 0 Å². The maximum atomic E-state index is 9.53. The van der Waals surface area contributed by atoms with E-state index in [1.54, 1.807) is 7.11 Å². The predicted octanol–water partition coefficient (Wildman–Crippen LogP) is 1.42. The molecule has 1 atom stereocenters. The number of aliphatic hydroxyl groups is 1. The molecule has 0 aliphatic heterocycles. The van der Waals surface area contributed by atoms with E-state index >= 15 is 0 Å². The molecule has 1 aromatic heterocycles. The molecule has 1 heterocycles. The number of nitrogens with zero attached hydrogens (tertiary/aromatic N) is 2. The van der Waals surface area contributed by atoms with Gasteiger partial charge in [-0.2, -0.15) is 0 Å². The van der Waals surface area contributed by atoms with E-state index < -0.39 is 6.10 Å². The van der Waals surface area contributed by atoms with Gasteiger partial charge in [-0.1, -0.05) is 18.5 Å². The van der Waals surface area contributed by atoms with Crippen LogP contribution in [-0.2, 0) is 11.2 Å². The molecular formula is C11H18ClN3O2. The summed E-state index contributed by atoms with van der Waals surface area (Å²) in [5.41, 5.74) is 0.786. The largest absolute Gasteiger partial charge is 0.389 e. The molecule has 0 aliphatic carbocycles. The highest BCUT2D eigenvalue weighted by Crippen LogP contribution is 2.19. The molecule has 0 aliphatic rings. The molecule has 0 aromatic carbocycles. The van der Waals surface area contributed by atoms with Crippen LogP contribution in [-0.4, -0.2) is 41.4 Å². The van der Waals surface area contributed by atoms with E-state index in [4.69, 9.17) is 16.3 Å². The summed E-state index contributed by atoms with van der Waals surface area (Å²) in [4.78, 5) is 8.47. The Morgan fingerprint density at radius 2 is 2.18 bits per heavy atom. The third-order valence-corrected chi connectivity index (χ3v) is 2.68. The number of hydrogen-bond donors (Lipinski definition) is 2. The number of nitrogens with one attached hydrogen (secondary N) is 1. The average Bonchev–Trinajstić information content (AvgIpc) is 2.31. The topological polar surface area (TPSA) is 67.3 Å². The van der Waals surface area contributed by atoms with Crippen molar-refractivity contribution in [3.63, 3.8) is 0 Å². The third kappa shape index (κ3) is 4.11. The Balaban J connectivity index is 2.72. The fourth-order valence-corrected chi connectivity index (χ4v) is 1.52. The van der Waals surface area contributed by atoms with Gasteiger partial charge < -0.3 is 15.2 Å². The second-order valence-electron chi connectivity index (χ2n) is 3.75. The highest BCUT2D eigenvalue weighted by Gasteiger charge is 2.10. The molecule has 0 bridgehead atoms. The van der Waals surface area contributed by atoms with Gasteiger partial charge in [0.2, 0.25) is 0 Å². The fraction of sp³-hybridized carbons (Fsp3) is 0.636. The maximum absolute atomic E-state index is 9.53. The number of hydrogen-bond acceptors (Lipinski definition) is 5. The molecule has 5 nitrogen and oxygen atoms in total. The van der Waals surface area contributed by atoms with Crippen molar-refractivity contribution in [1.29, 1.82) is 0 Å². The third-order valence-electron chi connectivity index (χ3n) is 2.31. The molecule has 1 aromatic rings. The standard InChI is InChI=1S/C11H18ClN3O2/c1-4-9-14-10(12)7(2)11(15-9)13-5-8(16)6-17-3/h8,16H,4-6H2,1-3H3,(H,13,14,15)/t8-/m0/s1. The average molecular weight is 260 g/mol. The van der Waals surface area contributed by atoms with Crippen LogP contribution >= 0.6 is 11.6 Å². The minimum absolute atomic E-state index is 0.283. The van der Waals surface area contributed by atoms with Crippen molar-refractivity contribution in [2.75, 3.05) is 25.6 Å². The summed E-state index contributed by atoms with van der Waals surface area (Å²) in [5, 5.41) is 13.0. The van der Waals surface area contributed by atoms with Crippen LogP contribution in [0.25, 0.3) is 0 Å². The van der Waals surface area contributed by atoms with Crippen molar-refractivity contribution in [3.05, 3.63) is 16.5 Å². The lowest BCUT2D eigenvalue weighted by Gasteiger charge is -2.14. The van der Waals surface area contributed by atoms with E-state index in [-0.39, 0.29) is 6.61 Å². The number of aliphatic hydroxyl groups excluding tert-OH is 1. The van der Waals surface area contributed by atoms with Crippen molar-refractivity contribution >= 4 is 17.4 Å². The lowest BCUT2D eigenvalue weighted by atomic mass is 10.3. The number of anilines is 1. The van der Waals surface area contributed by atoms with Crippen molar-refractivity contribution in [3.8, 4) is 0 Å². The molecular weight excluding hydrogens is 242 g/mol. The highest BCUT2D eigenvalue weighted by molar-refractivity contribution is 6.30. The Kier molecular flexibility index (Phi) is 5.61. The van der Waals surface area contributed by atoms with Crippen molar-refractivity contribution in [2.24, 2.45) is 0 Å². The molecule has 0 saturated heterocycles. The van der Waals surface area contributed by atoms with Gasteiger partial charge in [0.1, 0.15) is 16.8 Å². The molecule has 0 fully saturated rings. The minimum atomic E-state index is -0.571. The smallest absolute Gasteiger partial charge is 0.137 e. The van der Waals surface area contributed by atoms with Crippen LogP contribution < -0.4 is 5.32 Å². The summed E-state index contributed by atoms with van der Waals surface area (Å²) in [6.45, 7) is 4.45. The maximum Gasteiger partial charge on any atom is 0.137 e.